The molecule has 0 N–H and O–H groups in total. The van der Waals surface area contributed by atoms with E-state index in [1.165, 1.54) is 36.6 Å². The Labute approximate surface area is 165 Å². The first-order chi connectivity index (χ1) is 13.5. The molecule has 0 radical (unpaired) electrons. The van der Waals surface area contributed by atoms with Crippen LogP contribution in [0.5, 0.6) is 11.5 Å². The zero-order chi connectivity index (χ0) is 20.1. The first-order valence-corrected chi connectivity index (χ1v) is 8.98. The van der Waals surface area contributed by atoms with E-state index in [1.807, 2.05) is 29.6 Å². The van der Waals surface area contributed by atoms with Crippen molar-refractivity contribution in [2.24, 2.45) is 0 Å². The molecule has 0 unspecified atom stereocenters. The summed E-state index contributed by atoms with van der Waals surface area (Å²) >= 11 is 1.32. The van der Waals surface area contributed by atoms with Gasteiger partial charge in [0.1, 0.15) is 22.6 Å². The molecule has 7 nitrogen and oxygen atoms in total. The van der Waals surface area contributed by atoms with Gasteiger partial charge in [-0.25, -0.2) is 4.98 Å². The lowest BCUT2D eigenvalue weighted by molar-refractivity contribution is -0.384. The molecule has 0 aliphatic heterocycles. The standard InChI is InChI=1S/C20H15N3O4S/c1-26-17-5-3-4-13(10-17)18-12-28-20(22-18)15(11-21)8-14-9-16(23(24)25)6-7-19(14)27-2/h3-10,12H,1-2H3/b15-8+. The number of non-ortho nitro benzene ring substituents is 1. The molecular formula is C20H15N3O4S. The molecule has 0 atom stereocenters. The smallest absolute Gasteiger partial charge is 0.270 e. The van der Waals surface area contributed by atoms with Crippen molar-refractivity contribution in [1.29, 1.82) is 5.26 Å². The van der Waals surface area contributed by atoms with Gasteiger partial charge in [-0.2, -0.15) is 5.26 Å². The van der Waals surface area contributed by atoms with E-state index >= 15 is 0 Å². The molecule has 3 aromatic rings. The number of benzene rings is 2. The molecule has 2 aromatic carbocycles. The van der Waals surface area contributed by atoms with Crippen LogP contribution in [-0.4, -0.2) is 24.1 Å². The lowest BCUT2D eigenvalue weighted by atomic mass is 10.1. The number of nitrogens with zero attached hydrogens (tertiary/aromatic N) is 3. The SMILES string of the molecule is COc1cccc(-c2csc(/C(C#N)=C/c3cc([N+](=O)[O-])ccc3OC)n2)c1. The molecule has 0 saturated heterocycles. The second-order valence-electron chi connectivity index (χ2n) is 5.62. The Morgan fingerprint density at radius 1 is 1.25 bits per heavy atom. The summed E-state index contributed by atoms with van der Waals surface area (Å²) in [6.07, 6.45) is 1.54. The fourth-order valence-electron chi connectivity index (χ4n) is 2.56. The quantitative estimate of drug-likeness (QED) is 0.339. The molecule has 0 saturated carbocycles. The van der Waals surface area contributed by atoms with E-state index in [-0.39, 0.29) is 11.3 Å². The highest BCUT2D eigenvalue weighted by molar-refractivity contribution is 7.11. The van der Waals surface area contributed by atoms with Crippen molar-refractivity contribution in [3.8, 4) is 28.8 Å². The third kappa shape index (κ3) is 4.00. The first kappa shape index (κ1) is 19.1. The predicted octanol–water partition coefficient (Wildman–Crippen LogP) is 4.80. The Hall–Kier alpha value is -3.70. The van der Waals surface area contributed by atoms with E-state index in [4.69, 9.17) is 9.47 Å². The number of rotatable bonds is 6. The Balaban J connectivity index is 2.01. The summed E-state index contributed by atoms with van der Waals surface area (Å²) in [5, 5.41) is 23.0. The second kappa shape index (κ2) is 8.33. The maximum Gasteiger partial charge on any atom is 0.270 e. The average molecular weight is 393 g/mol. The van der Waals surface area contributed by atoms with Crippen LogP contribution in [0.25, 0.3) is 22.9 Å². The topological polar surface area (TPSA) is 98.3 Å². The minimum atomic E-state index is -0.493. The normalized spacial score (nSPS) is 11.0. The second-order valence-corrected chi connectivity index (χ2v) is 6.48. The van der Waals surface area contributed by atoms with Gasteiger partial charge in [0, 0.05) is 28.6 Å². The van der Waals surface area contributed by atoms with Gasteiger partial charge in [0.2, 0.25) is 0 Å². The van der Waals surface area contributed by atoms with Crippen molar-refractivity contribution in [3.05, 3.63) is 68.5 Å². The third-order valence-electron chi connectivity index (χ3n) is 3.94. The highest BCUT2D eigenvalue weighted by Gasteiger charge is 2.14. The van der Waals surface area contributed by atoms with Gasteiger partial charge in [-0.1, -0.05) is 12.1 Å². The Morgan fingerprint density at radius 3 is 2.75 bits per heavy atom. The number of nitriles is 1. The minimum Gasteiger partial charge on any atom is -0.497 e. The van der Waals surface area contributed by atoms with E-state index < -0.39 is 4.92 Å². The van der Waals surface area contributed by atoms with Crippen molar-refractivity contribution in [2.75, 3.05) is 14.2 Å². The van der Waals surface area contributed by atoms with E-state index in [0.717, 1.165) is 5.56 Å². The number of nitro benzene ring substituents is 1. The van der Waals surface area contributed by atoms with Crippen LogP contribution in [-0.2, 0) is 0 Å². The number of ether oxygens (including phenoxy) is 2. The summed E-state index contributed by atoms with van der Waals surface area (Å²) in [4.78, 5) is 15.1. The molecule has 0 spiro atoms. The van der Waals surface area contributed by atoms with Crippen molar-refractivity contribution >= 4 is 28.7 Å². The van der Waals surface area contributed by atoms with E-state index in [1.54, 1.807) is 13.2 Å². The van der Waals surface area contributed by atoms with Gasteiger partial charge in [-0.3, -0.25) is 10.1 Å². The van der Waals surface area contributed by atoms with Gasteiger partial charge in [-0.05, 0) is 24.3 Å². The molecule has 28 heavy (non-hydrogen) atoms. The molecular weight excluding hydrogens is 378 g/mol. The van der Waals surface area contributed by atoms with Crippen molar-refractivity contribution in [2.45, 2.75) is 0 Å². The maximum absolute atomic E-state index is 11.0. The van der Waals surface area contributed by atoms with Crippen LogP contribution >= 0.6 is 11.3 Å². The Morgan fingerprint density at radius 2 is 2.07 bits per heavy atom. The molecule has 0 aliphatic carbocycles. The first-order valence-electron chi connectivity index (χ1n) is 8.10. The number of thiazole rings is 1. The van der Waals surface area contributed by atoms with Crippen LogP contribution < -0.4 is 9.47 Å². The third-order valence-corrected chi connectivity index (χ3v) is 4.82. The van der Waals surface area contributed by atoms with Gasteiger partial charge in [0.25, 0.3) is 5.69 Å². The molecule has 1 heterocycles. The van der Waals surface area contributed by atoms with Crippen LogP contribution in [0.15, 0.2) is 47.8 Å². The average Bonchev–Trinajstić information content (AvgIpc) is 3.21. The van der Waals surface area contributed by atoms with E-state index in [0.29, 0.717) is 27.8 Å². The van der Waals surface area contributed by atoms with Crippen molar-refractivity contribution in [3.63, 3.8) is 0 Å². The fourth-order valence-corrected chi connectivity index (χ4v) is 3.35. The molecule has 0 bridgehead atoms. The van der Waals surface area contributed by atoms with Crippen molar-refractivity contribution < 1.29 is 14.4 Å². The summed E-state index contributed by atoms with van der Waals surface area (Å²) in [5.74, 6) is 1.15. The predicted molar refractivity (Wildman–Crippen MR) is 107 cm³/mol. The highest BCUT2D eigenvalue weighted by atomic mass is 32.1. The number of hydrogen-bond donors (Lipinski definition) is 0. The van der Waals surface area contributed by atoms with Crippen LogP contribution in [0.4, 0.5) is 5.69 Å². The molecule has 0 amide bonds. The minimum absolute atomic E-state index is 0.0828. The maximum atomic E-state index is 11.0. The van der Waals surface area contributed by atoms with Crippen LogP contribution in [0.3, 0.4) is 0 Å². The number of aromatic nitrogens is 1. The van der Waals surface area contributed by atoms with Gasteiger partial charge in [-0.15, -0.1) is 11.3 Å². The highest BCUT2D eigenvalue weighted by Crippen LogP contribution is 2.31. The fraction of sp³-hybridized carbons (Fsp3) is 0.100. The number of hydrogen-bond acceptors (Lipinski definition) is 7. The molecule has 1 aromatic heterocycles. The number of nitro groups is 1. The monoisotopic (exact) mass is 393 g/mol. The summed E-state index contributed by atoms with van der Waals surface area (Å²) in [6.45, 7) is 0. The van der Waals surface area contributed by atoms with Crippen LogP contribution in [0.1, 0.15) is 10.6 Å². The van der Waals surface area contributed by atoms with Gasteiger partial charge in [0.05, 0.1) is 30.4 Å². The van der Waals surface area contributed by atoms with Gasteiger partial charge in [0.15, 0.2) is 0 Å². The summed E-state index contributed by atoms with van der Waals surface area (Å²) < 4.78 is 10.5. The largest absolute Gasteiger partial charge is 0.497 e. The summed E-state index contributed by atoms with van der Waals surface area (Å²) in [5.41, 5.74) is 2.22. The van der Waals surface area contributed by atoms with E-state index in [9.17, 15) is 15.4 Å². The van der Waals surface area contributed by atoms with Crippen LogP contribution in [0.2, 0.25) is 0 Å². The number of methoxy groups -OCH3 is 2. The lowest BCUT2D eigenvalue weighted by Crippen LogP contribution is -1.92. The van der Waals surface area contributed by atoms with E-state index in [2.05, 4.69) is 11.1 Å². The Kier molecular flexibility index (Phi) is 5.67. The zero-order valence-electron chi connectivity index (χ0n) is 15.1. The molecule has 0 aliphatic rings. The molecule has 140 valence electrons. The zero-order valence-corrected chi connectivity index (χ0v) is 15.9. The Bertz CT molecular complexity index is 1100. The van der Waals surface area contributed by atoms with Gasteiger partial charge >= 0.3 is 0 Å². The molecule has 8 heteroatoms. The van der Waals surface area contributed by atoms with Crippen molar-refractivity contribution in [1.82, 2.24) is 4.98 Å². The summed E-state index contributed by atoms with van der Waals surface area (Å²) in [7, 11) is 3.06. The van der Waals surface area contributed by atoms with Crippen LogP contribution in [0, 0.1) is 21.4 Å². The summed E-state index contributed by atoms with van der Waals surface area (Å²) in [6, 6.07) is 13.8. The molecule has 3 rings (SSSR count). The lowest BCUT2D eigenvalue weighted by Gasteiger charge is -2.05. The van der Waals surface area contributed by atoms with Gasteiger partial charge < -0.3 is 9.47 Å². The number of allylic oxidation sites excluding steroid dienone is 1. The molecule has 0 fully saturated rings.